The fourth-order valence-electron chi connectivity index (χ4n) is 3.49. The van der Waals surface area contributed by atoms with Crippen molar-refractivity contribution in [1.82, 2.24) is 4.90 Å². The molecule has 1 unspecified atom stereocenters. The highest BCUT2D eigenvalue weighted by Gasteiger charge is 2.35. The zero-order valence-corrected chi connectivity index (χ0v) is 13.3. The van der Waals surface area contributed by atoms with Gasteiger partial charge in [0.1, 0.15) is 6.04 Å². The van der Waals surface area contributed by atoms with Crippen LogP contribution in [0.15, 0.2) is 0 Å². The first-order chi connectivity index (χ1) is 10.2. The largest absolute Gasteiger partial charge is 0.464 e. The third-order valence-corrected chi connectivity index (χ3v) is 4.83. The predicted molar refractivity (Wildman–Crippen MR) is 81.8 cm³/mol. The fraction of sp³-hybridized carbons (Fsp3) is 0.882. The molecule has 120 valence electrons. The van der Waals surface area contributed by atoms with Crippen molar-refractivity contribution in [2.75, 3.05) is 13.2 Å². The third kappa shape index (κ3) is 4.72. The Bertz CT molecular complexity index is 350. The fourth-order valence-corrected chi connectivity index (χ4v) is 3.49. The van der Waals surface area contributed by atoms with Gasteiger partial charge in [-0.3, -0.25) is 4.79 Å². The van der Waals surface area contributed by atoms with Gasteiger partial charge in [0.15, 0.2) is 0 Å². The molecule has 1 saturated heterocycles. The van der Waals surface area contributed by atoms with Crippen LogP contribution in [-0.4, -0.2) is 36.0 Å². The summed E-state index contributed by atoms with van der Waals surface area (Å²) in [6.45, 7) is 3.27. The lowest BCUT2D eigenvalue weighted by Gasteiger charge is -2.24. The summed E-state index contributed by atoms with van der Waals surface area (Å²) in [5.41, 5.74) is 0. The smallest absolute Gasteiger partial charge is 0.328 e. The lowest BCUT2D eigenvalue weighted by Crippen LogP contribution is -2.41. The molecule has 0 aromatic carbocycles. The van der Waals surface area contributed by atoms with Crippen LogP contribution in [0.1, 0.15) is 71.1 Å². The average molecular weight is 295 g/mol. The number of carbonyl (C=O) groups excluding carboxylic acids is 2. The minimum atomic E-state index is -0.321. The summed E-state index contributed by atoms with van der Waals surface area (Å²) >= 11 is 0. The standard InChI is InChI=1S/C17H29NO3/c1-2-3-13-21-17(20)15-9-6-12-18(15)16(19)11-10-14-7-4-5-8-14/h14-15H,2-13H2,1H3. The summed E-state index contributed by atoms with van der Waals surface area (Å²) in [4.78, 5) is 26.2. The van der Waals surface area contributed by atoms with E-state index in [2.05, 4.69) is 6.92 Å². The first-order valence-corrected chi connectivity index (χ1v) is 8.68. The number of hydrogen-bond donors (Lipinski definition) is 0. The van der Waals surface area contributed by atoms with Crippen LogP contribution in [-0.2, 0) is 14.3 Å². The molecule has 0 N–H and O–H groups in total. The van der Waals surface area contributed by atoms with Gasteiger partial charge in [-0.2, -0.15) is 0 Å². The minimum absolute atomic E-state index is 0.150. The van der Waals surface area contributed by atoms with E-state index in [0.29, 0.717) is 13.0 Å². The van der Waals surface area contributed by atoms with E-state index in [1.165, 1.54) is 25.7 Å². The van der Waals surface area contributed by atoms with Crippen molar-refractivity contribution in [1.29, 1.82) is 0 Å². The molecule has 1 amide bonds. The average Bonchev–Trinajstić information content (AvgIpc) is 3.16. The van der Waals surface area contributed by atoms with E-state index in [9.17, 15) is 9.59 Å². The van der Waals surface area contributed by atoms with Crippen LogP contribution >= 0.6 is 0 Å². The number of carbonyl (C=O) groups is 2. The summed E-state index contributed by atoms with van der Waals surface area (Å²) in [6.07, 6.45) is 10.4. The van der Waals surface area contributed by atoms with Crippen molar-refractivity contribution in [3.05, 3.63) is 0 Å². The highest BCUT2D eigenvalue weighted by molar-refractivity contribution is 5.85. The Kier molecular flexibility index (Phi) is 6.52. The normalized spacial score (nSPS) is 22.7. The lowest BCUT2D eigenvalue weighted by molar-refractivity contribution is -0.153. The maximum absolute atomic E-state index is 12.4. The van der Waals surface area contributed by atoms with Crippen LogP contribution in [0, 0.1) is 5.92 Å². The SMILES string of the molecule is CCCCOC(=O)C1CCCN1C(=O)CCC1CCCC1. The molecule has 0 spiro atoms. The van der Waals surface area contributed by atoms with Crippen LogP contribution in [0.2, 0.25) is 0 Å². The number of hydrogen-bond acceptors (Lipinski definition) is 3. The summed E-state index contributed by atoms with van der Waals surface area (Å²) in [5, 5.41) is 0. The molecule has 0 aromatic rings. The van der Waals surface area contributed by atoms with E-state index < -0.39 is 0 Å². The van der Waals surface area contributed by atoms with Crippen LogP contribution < -0.4 is 0 Å². The number of unbranched alkanes of at least 4 members (excludes halogenated alkanes) is 1. The molecule has 0 aromatic heterocycles. The van der Waals surface area contributed by atoms with Gasteiger partial charge in [-0.1, -0.05) is 39.0 Å². The van der Waals surface area contributed by atoms with Crippen LogP contribution in [0.4, 0.5) is 0 Å². The zero-order chi connectivity index (χ0) is 15.1. The maximum atomic E-state index is 12.4. The Morgan fingerprint density at radius 2 is 1.90 bits per heavy atom. The second-order valence-corrected chi connectivity index (χ2v) is 6.46. The van der Waals surface area contributed by atoms with Gasteiger partial charge in [0.05, 0.1) is 6.61 Å². The van der Waals surface area contributed by atoms with Crippen LogP contribution in [0.3, 0.4) is 0 Å². The summed E-state index contributed by atoms with van der Waals surface area (Å²) in [5.74, 6) is 0.679. The molecule has 1 aliphatic heterocycles. The van der Waals surface area contributed by atoms with Crippen molar-refractivity contribution in [3.63, 3.8) is 0 Å². The molecule has 0 radical (unpaired) electrons. The molecule has 2 rings (SSSR count). The Morgan fingerprint density at radius 1 is 1.14 bits per heavy atom. The van der Waals surface area contributed by atoms with Crippen molar-refractivity contribution in [2.45, 2.75) is 77.2 Å². The zero-order valence-electron chi connectivity index (χ0n) is 13.3. The Morgan fingerprint density at radius 3 is 2.62 bits per heavy atom. The molecule has 2 aliphatic rings. The Balaban J connectivity index is 1.76. The predicted octanol–water partition coefficient (Wildman–Crippen LogP) is 3.29. The van der Waals surface area contributed by atoms with Gasteiger partial charge < -0.3 is 9.64 Å². The van der Waals surface area contributed by atoms with E-state index >= 15 is 0 Å². The summed E-state index contributed by atoms with van der Waals surface area (Å²) in [7, 11) is 0. The number of esters is 1. The number of amides is 1. The van der Waals surface area contributed by atoms with E-state index in [1.54, 1.807) is 4.90 Å². The molecule has 0 bridgehead atoms. The van der Waals surface area contributed by atoms with E-state index in [1.807, 2.05) is 0 Å². The number of rotatable bonds is 7. The molecule has 1 saturated carbocycles. The number of likely N-dealkylation sites (tertiary alicyclic amines) is 1. The second-order valence-electron chi connectivity index (χ2n) is 6.46. The van der Waals surface area contributed by atoms with E-state index in [-0.39, 0.29) is 17.9 Å². The van der Waals surface area contributed by atoms with Crippen molar-refractivity contribution in [3.8, 4) is 0 Å². The quantitative estimate of drug-likeness (QED) is 0.535. The monoisotopic (exact) mass is 295 g/mol. The van der Waals surface area contributed by atoms with Gasteiger partial charge in [-0.25, -0.2) is 4.79 Å². The summed E-state index contributed by atoms with van der Waals surface area (Å²) < 4.78 is 5.29. The molecule has 4 nitrogen and oxygen atoms in total. The van der Waals surface area contributed by atoms with Crippen molar-refractivity contribution in [2.24, 2.45) is 5.92 Å². The maximum Gasteiger partial charge on any atom is 0.328 e. The number of nitrogens with zero attached hydrogens (tertiary/aromatic N) is 1. The highest BCUT2D eigenvalue weighted by atomic mass is 16.5. The first-order valence-electron chi connectivity index (χ1n) is 8.68. The Hall–Kier alpha value is -1.06. The number of ether oxygens (including phenoxy) is 1. The van der Waals surface area contributed by atoms with Gasteiger partial charge in [-0.05, 0) is 31.6 Å². The van der Waals surface area contributed by atoms with Crippen LogP contribution in [0.25, 0.3) is 0 Å². The molecule has 4 heteroatoms. The van der Waals surface area contributed by atoms with Gasteiger partial charge >= 0.3 is 5.97 Å². The second kappa shape index (κ2) is 8.40. The highest BCUT2D eigenvalue weighted by Crippen LogP contribution is 2.29. The van der Waals surface area contributed by atoms with E-state index in [4.69, 9.17) is 4.74 Å². The lowest BCUT2D eigenvalue weighted by atomic mass is 10.0. The Labute approximate surface area is 128 Å². The first kappa shape index (κ1) is 16.3. The molecular weight excluding hydrogens is 266 g/mol. The van der Waals surface area contributed by atoms with Crippen LogP contribution in [0.5, 0.6) is 0 Å². The molecular formula is C17H29NO3. The molecule has 21 heavy (non-hydrogen) atoms. The third-order valence-electron chi connectivity index (χ3n) is 4.83. The molecule has 1 aliphatic carbocycles. The van der Waals surface area contributed by atoms with Gasteiger partial charge in [0.25, 0.3) is 0 Å². The molecule has 2 fully saturated rings. The topological polar surface area (TPSA) is 46.6 Å². The summed E-state index contributed by atoms with van der Waals surface area (Å²) in [6, 6.07) is -0.321. The van der Waals surface area contributed by atoms with Crippen molar-refractivity contribution < 1.29 is 14.3 Å². The van der Waals surface area contributed by atoms with Gasteiger partial charge in [0, 0.05) is 13.0 Å². The molecule has 1 heterocycles. The van der Waals surface area contributed by atoms with Gasteiger partial charge in [0.2, 0.25) is 5.91 Å². The minimum Gasteiger partial charge on any atom is -0.464 e. The van der Waals surface area contributed by atoms with Crippen molar-refractivity contribution >= 4 is 11.9 Å². The van der Waals surface area contributed by atoms with E-state index in [0.717, 1.165) is 44.6 Å². The van der Waals surface area contributed by atoms with Gasteiger partial charge in [-0.15, -0.1) is 0 Å². The molecule has 1 atom stereocenters.